The Balaban J connectivity index is 0.000000144. The van der Waals surface area contributed by atoms with Gasteiger partial charge in [-0.3, -0.25) is 0 Å². The number of ether oxygens (including phenoxy) is 2. The van der Waals surface area contributed by atoms with Gasteiger partial charge in [0.1, 0.15) is 0 Å². The molecule has 0 N–H and O–H groups in total. The summed E-state index contributed by atoms with van der Waals surface area (Å²) >= 11 is 0. The smallest absolute Gasteiger partial charge is 0.0829 e. The Labute approximate surface area is 55.8 Å². The Kier molecular flexibility index (Phi) is 4.92. The van der Waals surface area contributed by atoms with Gasteiger partial charge < -0.3 is 9.47 Å². The van der Waals surface area contributed by atoms with Crippen molar-refractivity contribution in [3.05, 3.63) is 25.7 Å². The van der Waals surface area contributed by atoms with Crippen LogP contribution in [0, 0.1) is 0 Å². The fraction of sp³-hybridized carbons (Fsp3) is 0.429. The zero-order chi connectivity index (χ0) is 7.11. The van der Waals surface area contributed by atoms with Crippen LogP contribution in [0.5, 0.6) is 0 Å². The fourth-order valence-corrected chi connectivity index (χ4v) is 0.164. The first-order valence-electron chi connectivity index (χ1n) is 2.80. The van der Waals surface area contributed by atoms with Gasteiger partial charge in [-0.1, -0.05) is 13.2 Å². The standard InChI is InChI=1S/C4H6O.C3H6O/c1-3-5-4-2;1-3-2-4-3/h3-4H,1-2H2;3H,2H2,1H3. The van der Waals surface area contributed by atoms with E-state index in [1.165, 1.54) is 12.5 Å². The normalized spacial score (nSPS) is 20.8. The van der Waals surface area contributed by atoms with Gasteiger partial charge >= 0.3 is 0 Å². The summed E-state index contributed by atoms with van der Waals surface area (Å²) in [5, 5.41) is 0. The third-order valence-corrected chi connectivity index (χ3v) is 0.692. The second-order valence-electron chi connectivity index (χ2n) is 1.61. The first kappa shape index (κ1) is 8.24. The molecule has 0 spiro atoms. The Bertz CT molecular complexity index is 78.9. The Morgan fingerprint density at radius 2 is 1.89 bits per heavy atom. The summed E-state index contributed by atoms with van der Waals surface area (Å²) in [6.07, 6.45) is 3.21. The lowest BCUT2D eigenvalue weighted by atomic mass is 10.6. The van der Waals surface area contributed by atoms with Crippen LogP contribution in [-0.2, 0) is 9.47 Å². The van der Waals surface area contributed by atoms with Crippen molar-refractivity contribution in [2.75, 3.05) is 6.61 Å². The lowest BCUT2D eigenvalue weighted by Gasteiger charge is -1.76. The average Bonchev–Trinajstić information content (AvgIpc) is 2.55. The predicted octanol–water partition coefficient (Wildman–Crippen LogP) is 1.70. The highest BCUT2D eigenvalue weighted by Gasteiger charge is 2.13. The molecular formula is C7H12O2. The van der Waals surface area contributed by atoms with Crippen LogP contribution in [0.25, 0.3) is 0 Å². The highest BCUT2D eigenvalue weighted by atomic mass is 16.6. The molecule has 52 valence electrons. The van der Waals surface area contributed by atoms with Gasteiger partial charge in [0, 0.05) is 0 Å². The largest absolute Gasteiger partial charge is 0.474 e. The maximum absolute atomic E-state index is 4.71. The molecule has 0 aromatic carbocycles. The summed E-state index contributed by atoms with van der Waals surface area (Å²) in [5.41, 5.74) is 0. The number of hydrogen-bond acceptors (Lipinski definition) is 2. The van der Waals surface area contributed by atoms with Crippen molar-refractivity contribution in [3.8, 4) is 0 Å². The molecule has 1 rings (SSSR count). The van der Waals surface area contributed by atoms with Crippen LogP contribution in [0.1, 0.15) is 6.92 Å². The summed E-state index contributed by atoms with van der Waals surface area (Å²) in [5.74, 6) is 0. The molecular weight excluding hydrogens is 116 g/mol. The number of rotatable bonds is 2. The molecule has 2 nitrogen and oxygen atoms in total. The molecule has 1 atom stereocenters. The van der Waals surface area contributed by atoms with Crippen LogP contribution in [0.15, 0.2) is 25.7 Å². The van der Waals surface area contributed by atoms with Gasteiger partial charge in [0.25, 0.3) is 0 Å². The van der Waals surface area contributed by atoms with E-state index in [1.54, 1.807) is 0 Å². The third-order valence-electron chi connectivity index (χ3n) is 0.692. The monoisotopic (exact) mass is 128 g/mol. The molecule has 0 radical (unpaired) electrons. The second-order valence-corrected chi connectivity index (χ2v) is 1.61. The summed E-state index contributed by atoms with van der Waals surface area (Å²) in [6, 6.07) is 0. The van der Waals surface area contributed by atoms with Crippen molar-refractivity contribution in [2.45, 2.75) is 13.0 Å². The highest BCUT2D eigenvalue weighted by molar-refractivity contribution is 4.58. The van der Waals surface area contributed by atoms with Crippen LogP contribution in [0.2, 0.25) is 0 Å². The minimum Gasteiger partial charge on any atom is -0.474 e. The minimum absolute atomic E-state index is 0.583. The van der Waals surface area contributed by atoms with Crippen LogP contribution in [0.3, 0.4) is 0 Å². The Hall–Kier alpha value is -0.760. The van der Waals surface area contributed by atoms with E-state index in [2.05, 4.69) is 24.8 Å². The molecule has 0 aromatic rings. The van der Waals surface area contributed by atoms with Crippen molar-refractivity contribution >= 4 is 0 Å². The first-order valence-corrected chi connectivity index (χ1v) is 2.80. The minimum atomic E-state index is 0.583. The van der Waals surface area contributed by atoms with Gasteiger partial charge in [-0.25, -0.2) is 0 Å². The summed E-state index contributed by atoms with van der Waals surface area (Å²) in [4.78, 5) is 0. The van der Waals surface area contributed by atoms with Crippen molar-refractivity contribution in [1.29, 1.82) is 0 Å². The molecule has 1 aliphatic heterocycles. The molecule has 9 heavy (non-hydrogen) atoms. The van der Waals surface area contributed by atoms with E-state index in [0.29, 0.717) is 6.10 Å². The van der Waals surface area contributed by atoms with E-state index < -0.39 is 0 Å². The van der Waals surface area contributed by atoms with E-state index >= 15 is 0 Å². The van der Waals surface area contributed by atoms with Gasteiger partial charge in [0.2, 0.25) is 0 Å². The molecule has 0 saturated carbocycles. The lowest BCUT2D eigenvalue weighted by molar-refractivity contribution is 0.406. The topological polar surface area (TPSA) is 21.8 Å². The van der Waals surface area contributed by atoms with Gasteiger partial charge in [-0.2, -0.15) is 0 Å². The Morgan fingerprint density at radius 3 is 1.89 bits per heavy atom. The predicted molar refractivity (Wildman–Crippen MR) is 36.9 cm³/mol. The van der Waals surface area contributed by atoms with Gasteiger partial charge in [-0.15, -0.1) is 0 Å². The molecule has 0 aliphatic carbocycles. The highest BCUT2D eigenvalue weighted by Crippen LogP contribution is 2.04. The van der Waals surface area contributed by atoms with Crippen LogP contribution < -0.4 is 0 Å². The lowest BCUT2D eigenvalue weighted by Crippen LogP contribution is -1.60. The van der Waals surface area contributed by atoms with E-state index in [1.807, 2.05) is 0 Å². The molecule has 1 heterocycles. The maximum Gasteiger partial charge on any atom is 0.0829 e. The molecule has 1 aliphatic rings. The SMILES string of the molecule is C=COC=C.CC1CO1. The summed E-state index contributed by atoms with van der Waals surface area (Å²) in [7, 11) is 0. The van der Waals surface area contributed by atoms with Crippen LogP contribution in [0.4, 0.5) is 0 Å². The van der Waals surface area contributed by atoms with E-state index in [-0.39, 0.29) is 0 Å². The molecule has 0 amide bonds. The zero-order valence-corrected chi connectivity index (χ0v) is 5.67. The van der Waals surface area contributed by atoms with Crippen molar-refractivity contribution < 1.29 is 9.47 Å². The molecule has 0 bridgehead atoms. The molecule has 1 fully saturated rings. The number of hydrogen-bond donors (Lipinski definition) is 0. The maximum atomic E-state index is 4.71. The van der Waals surface area contributed by atoms with Gasteiger partial charge in [0.05, 0.1) is 25.2 Å². The van der Waals surface area contributed by atoms with Crippen LogP contribution in [-0.4, -0.2) is 12.7 Å². The van der Waals surface area contributed by atoms with E-state index in [9.17, 15) is 0 Å². The van der Waals surface area contributed by atoms with Crippen molar-refractivity contribution in [1.82, 2.24) is 0 Å². The molecule has 2 heteroatoms. The third kappa shape index (κ3) is 11.1. The molecule has 1 unspecified atom stereocenters. The molecule has 0 aromatic heterocycles. The summed E-state index contributed by atoms with van der Waals surface area (Å²) in [6.45, 7) is 9.56. The van der Waals surface area contributed by atoms with Gasteiger partial charge in [0.15, 0.2) is 0 Å². The zero-order valence-electron chi connectivity index (χ0n) is 5.67. The van der Waals surface area contributed by atoms with Crippen molar-refractivity contribution in [2.24, 2.45) is 0 Å². The van der Waals surface area contributed by atoms with E-state index in [4.69, 9.17) is 4.74 Å². The number of epoxide rings is 1. The summed E-state index contributed by atoms with van der Waals surface area (Å²) < 4.78 is 9.07. The van der Waals surface area contributed by atoms with E-state index in [0.717, 1.165) is 6.61 Å². The molecule has 1 saturated heterocycles. The fourth-order valence-electron chi connectivity index (χ4n) is 0.164. The second kappa shape index (κ2) is 5.38. The van der Waals surface area contributed by atoms with Crippen molar-refractivity contribution in [3.63, 3.8) is 0 Å². The van der Waals surface area contributed by atoms with Gasteiger partial charge in [-0.05, 0) is 6.92 Å². The first-order chi connectivity index (χ1) is 4.31. The average molecular weight is 128 g/mol. The van der Waals surface area contributed by atoms with Crippen LogP contribution >= 0.6 is 0 Å². The Morgan fingerprint density at radius 1 is 1.56 bits per heavy atom. The quantitative estimate of drug-likeness (QED) is 0.417.